The minimum Gasteiger partial charge on any atom is -0.292 e. The van der Waals surface area contributed by atoms with Crippen LogP contribution in [0, 0.1) is 6.92 Å². The summed E-state index contributed by atoms with van der Waals surface area (Å²) in [5.41, 5.74) is 3.51. The molecule has 6 aromatic rings. The number of nitrogens with zero attached hydrogens (tertiary/aromatic N) is 4. The Morgan fingerprint density at radius 2 is 1.54 bits per heavy atom. The quantitative estimate of drug-likeness (QED) is 0.237. The second-order valence-corrected chi connectivity index (χ2v) is 11.7. The molecule has 0 radical (unpaired) electrons. The fourth-order valence-corrected chi connectivity index (χ4v) is 6.34. The van der Waals surface area contributed by atoms with Gasteiger partial charge in [-0.25, -0.2) is 13.4 Å². The fraction of sp³-hybridized carbons (Fsp3) is 0.0938. The number of Topliss-reactive ketones (excluding diaryl/α,β-unsaturated/α-hetero) is 1. The number of aryl methyl sites for hydroxylation is 1. The summed E-state index contributed by atoms with van der Waals surface area (Å²) in [5, 5.41) is 0.485. The Labute approximate surface area is 236 Å². The molecule has 0 spiro atoms. The maximum absolute atomic E-state index is 13.8. The van der Waals surface area contributed by atoms with Crippen molar-refractivity contribution in [3.63, 3.8) is 0 Å². The van der Waals surface area contributed by atoms with Crippen LogP contribution in [0.15, 0.2) is 125 Å². The van der Waals surface area contributed by atoms with E-state index < -0.39 is 10.0 Å². The average molecular weight is 563 g/mol. The second kappa shape index (κ2) is 10.5. The zero-order chi connectivity index (χ0) is 28.6. The van der Waals surface area contributed by atoms with E-state index in [0.29, 0.717) is 27.8 Å². The normalized spacial score (nSPS) is 11.6. The predicted molar refractivity (Wildman–Crippen MR) is 159 cm³/mol. The highest BCUT2D eigenvalue weighted by atomic mass is 32.2. The van der Waals surface area contributed by atoms with Gasteiger partial charge in [-0.05, 0) is 61.0 Å². The van der Waals surface area contributed by atoms with Gasteiger partial charge in [-0.3, -0.25) is 22.9 Å². The lowest BCUT2D eigenvalue weighted by molar-refractivity contribution is 0.0972. The first kappa shape index (κ1) is 26.2. The van der Waals surface area contributed by atoms with Crippen LogP contribution in [-0.4, -0.2) is 28.2 Å². The first-order valence-corrected chi connectivity index (χ1v) is 14.5. The average Bonchev–Trinajstić information content (AvgIpc) is 3.49. The third-order valence-corrected chi connectivity index (χ3v) is 8.88. The van der Waals surface area contributed by atoms with Gasteiger partial charge >= 0.3 is 0 Å². The van der Waals surface area contributed by atoms with Crippen LogP contribution in [0.25, 0.3) is 16.6 Å². The molecule has 2 heterocycles. The summed E-state index contributed by atoms with van der Waals surface area (Å²) in [6.07, 6.45) is 3.17. The largest absolute Gasteiger partial charge is 0.292 e. The van der Waals surface area contributed by atoms with Crippen molar-refractivity contribution in [3.8, 4) is 0 Å². The van der Waals surface area contributed by atoms with Crippen molar-refractivity contribution in [3.05, 3.63) is 143 Å². The lowest BCUT2D eigenvalue weighted by Gasteiger charge is -2.25. The van der Waals surface area contributed by atoms with Crippen LogP contribution in [-0.2, 0) is 23.1 Å². The third-order valence-electron chi connectivity index (χ3n) is 7.09. The van der Waals surface area contributed by atoms with E-state index in [-0.39, 0.29) is 29.3 Å². The van der Waals surface area contributed by atoms with Gasteiger partial charge in [-0.15, -0.1) is 0 Å². The maximum Gasteiger partial charge on any atom is 0.264 e. The minimum atomic E-state index is -3.90. The molecule has 4 aromatic carbocycles. The number of benzene rings is 4. The number of sulfonamides is 1. The van der Waals surface area contributed by atoms with Gasteiger partial charge in [-0.1, -0.05) is 60.2 Å². The molecular formula is C32H26N4O4S. The molecule has 0 saturated carbocycles. The van der Waals surface area contributed by atoms with Gasteiger partial charge in [0.15, 0.2) is 5.78 Å². The number of fused-ring (bicyclic) bond motifs is 3. The Balaban J connectivity index is 1.34. The number of anilines is 1. The molecule has 6 rings (SSSR count). The second-order valence-electron chi connectivity index (χ2n) is 9.81. The number of hydrogen-bond donors (Lipinski definition) is 0. The summed E-state index contributed by atoms with van der Waals surface area (Å²) in [6.45, 7) is 1.83. The zero-order valence-electron chi connectivity index (χ0n) is 22.2. The van der Waals surface area contributed by atoms with Crippen LogP contribution in [0.5, 0.6) is 0 Å². The topological polar surface area (TPSA) is 93.8 Å². The maximum atomic E-state index is 13.8. The highest BCUT2D eigenvalue weighted by Gasteiger charge is 2.25. The smallest absolute Gasteiger partial charge is 0.264 e. The molecule has 204 valence electrons. The van der Waals surface area contributed by atoms with Crippen molar-refractivity contribution in [1.82, 2.24) is 14.0 Å². The molecular weight excluding hydrogens is 536 g/mol. The molecule has 0 aliphatic rings. The van der Waals surface area contributed by atoms with Crippen molar-refractivity contribution < 1.29 is 13.2 Å². The molecule has 9 heteroatoms. The monoisotopic (exact) mass is 562 g/mol. The number of aromatic nitrogens is 3. The lowest BCUT2D eigenvalue weighted by Crippen LogP contribution is -2.30. The summed E-state index contributed by atoms with van der Waals surface area (Å²) >= 11 is 0. The first-order valence-electron chi connectivity index (χ1n) is 13.0. The van der Waals surface area contributed by atoms with E-state index in [2.05, 4.69) is 4.98 Å². The van der Waals surface area contributed by atoms with Crippen molar-refractivity contribution in [2.75, 3.05) is 4.31 Å². The van der Waals surface area contributed by atoms with Gasteiger partial charge < -0.3 is 0 Å². The minimum absolute atomic E-state index is 0.121. The van der Waals surface area contributed by atoms with Gasteiger partial charge in [0.05, 0.1) is 40.8 Å². The molecule has 8 nitrogen and oxygen atoms in total. The molecule has 0 amide bonds. The number of imidazole rings is 1. The van der Waals surface area contributed by atoms with E-state index in [1.54, 1.807) is 77.6 Å². The molecule has 0 N–H and O–H groups in total. The van der Waals surface area contributed by atoms with E-state index in [0.717, 1.165) is 11.1 Å². The van der Waals surface area contributed by atoms with E-state index in [4.69, 9.17) is 0 Å². The number of para-hydroxylation sites is 1. The molecule has 0 saturated heterocycles. The van der Waals surface area contributed by atoms with Crippen LogP contribution < -0.4 is 9.86 Å². The molecule has 0 fully saturated rings. The van der Waals surface area contributed by atoms with Crippen LogP contribution in [0.2, 0.25) is 0 Å². The first-order chi connectivity index (χ1) is 19.8. The fourth-order valence-electron chi connectivity index (χ4n) is 4.89. The summed E-state index contributed by atoms with van der Waals surface area (Å²) < 4.78 is 32.1. The standard InChI is InChI=1S/C32H26N4O4S/c1-23-11-17-27(18-12-23)41(39,40)36(20-24-7-3-2-4-8-24)26-15-13-25(14-16-26)30(37)21-34-31-19-33-22-35(31)29-10-6-5-9-28(29)32(34)38/h2-19,22H,20-21H2,1H3. The highest BCUT2D eigenvalue weighted by molar-refractivity contribution is 7.92. The molecule has 0 bridgehead atoms. The van der Waals surface area contributed by atoms with Crippen molar-refractivity contribution in [2.45, 2.75) is 24.9 Å². The van der Waals surface area contributed by atoms with Gasteiger partial charge in [0.25, 0.3) is 15.6 Å². The number of carbonyl (C=O) groups is 1. The highest BCUT2D eigenvalue weighted by Crippen LogP contribution is 2.27. The Hall–Kier alpha value is -5.02. The zero-order valence-corrected chi connectivity index (χ0v) is 23.0. The molecule has 41 heavy (non-hydrogen) atoms. The number of hydrogen-bond acceptors (Lipinski definition) is 5. The van der Waals surface area contributed by atoms with E-state index in [1.165, 1.54) is 8.87 Å². The molecule has 0 aliphatic carbocycles. The third kappa shape index (κ3) is 4.92. The van der Waals surface area contributed by atoms with Crippen LogP contribution >= 0.6 is 0 Å². The van der Waals surface area contributed by atoms with Crippen LogP contribution in [0.1, 0.15) is 21.5 Å². The SMILES string of the molecule is Cc1ccc(S(=O)(=O)N(Cc2ccccc2)c2ccc(C(=O)Cn3c(=O)c4ccccc4n4cncc34)cc2)cc1. The summed E-state index contributed by atoms with van der Waals surface area (Å²) in [5.74, 6) is -0.284. The molecule has 2 aromatic heterocycles. The van der Waals surface area contributed by atoms with E-state index in [9.17, 15) is 18.0 Å². The number of carbonyl (C=O) groups excluding carboxylic acids is 1. The van der Waals surface area contributed by atoms with E-state index in [1.807, 2.05) is 49.4 Å². The Bertz CT molecular complexity index is 2050. The van der Waals surface area contributed by atoms with Crippen molar-refractivity contribution >= 4 is 38.0 Å². The van der Waals surface area contributed by atoms with Gasteiger partial charge in [0, 0.05) is 5.56 Å². The van der Waals surface area contributed by atoms with Crippen LogP contribution in [0.3, 0.4) is 0 Å². The predicted octanol–water partition coefficient (Wildman–Crippen LogP) is 5.24. The molecule has 0 atom stereocenters. The summed E-state index contributed by atoms with van der Waals surface area (Å²) in [7, 11) is -3.90. The lowest BCUT2D eigenvalue weighted by atomic mass is 10.1. The number of rotatable bonds is 8. The Kier molecular flexibility index (Phi) is 6.72. The molecule has 0 aliphatic heterocycles. The van der Waals surface area contributed by atoms with Crippen molar-refractivity contribution in [2.24, 2.45) is 0 Å². The number of ketones is 1. The summed E-state index contributed by atoms with van der Waals surface area (Å²) in [4.78, 5) is 31.0. The van der Waals surface area contributed by atoms with Gasteiger partial charge in [0.1, 0.15) is 12.0 Å². The molecule has 0 unspecified atom stereocenters. The summed E-state index contributed by atoms with van der Waals surface area (Å²) in [6, 6.07) is 29.7. The Morgan fingerprint density at radius 1 is 0.854 bits per heavy atom. The Morgan fingerprint density at radius 3 is 2.27 bits per heavy atom. The van der Waals surface area contributed by atoms with Gasteiger partial charge in [-0.2, -0.15) is 0 Å². The van der Waals surface area contributed by atoms with Crippen molar-refractivity contribution in [1.29, 1.82) is 0 Å². The van der Waals surface area contributed by atoms with E-state index >= 15 is 0 Å². The van der Waals surface area contributed by atoms with Gasteiger partial charge in [0.2, 0.25) is 0 Å². The van der Waals surface area contributed by atoms with Crippen LogP contribution in [0.4, 0.5) is 5.69 Å².